The molecule has 0 bridgehead atoms. The molecule has 0 spiro atoms. The predicted molar refractivity (Wildman–Crippen MR) is 131 cm³/mol. The minimum atomic E-state index is -0.476. The summed E-state index contributed by atoms with van der Waals surface area (Å²) >= 11 is 17.6. The van der Waals surface area contributed by atoms with Gasteiger partial charge in [0.2, 0.25) is 0 Å². The number of methoxy groups -OCH3 is 1. The van der Waals surface area contributed by atoms with Crippen LogP contribution in [0, 0.1) is 0 Å². The maximum absolute atomic E-state index is 12.7. The second-order valence-electron chi connectivity index (χ2n) is 6.91. The van der Waals surface area contributed by atoms with Gasteiger partial charge in [-0.3, -0.25) is 19.7 Å². The van der Waals surface area contributed by atoms with Crippen molar-refractivity contribution in [3.05, 3.63) is 87.4 Å². The fourth-order valence-electron chi connectivity index (χ4n) is 3.30. The van der Waals surface area contributed by atoms with Crippen LogP contribution in [-0.4, -0.2) is 29.9 Å². The molecule has 10 heteroatoms. The number of rotatable bonds is 4. The van der Waals surface area contributed by atoms with Crippen molar-refractivity contribution in [1.82, 2.24) is 5.32 Å². The summed E-state index contributed by atoms with van der Waals surface area (Å²) in [6, 6.07) is 15.8. The number of hydrogen-bond acceptors (Lipinski definition) is 5. The number of hydrogen-bond donors (Lipinski definition) is 2. The number of anilines is 2. The van der Waals surface area contributed by atoms with Crippen LogP contribution in [0.15, 0.2) is 60.7 Å². The Morgan fingerprint density at radius 2 is 1.61 bits per heavy atom. The fourth-order valence-corrected chi connectivity index (χ4v) is 3.99. The number of halogens is 2. The van der Waals surface area contributed by atoms with E-state index in [0.717, 1.165) is 4.90 Å². The number of benzene rings is 3. The Hall–Kier alpha value is -3.46. The van der Waals surface area contributed by atoms with Gasteiger partial charge in [0.25, 0.3) is 17.7 Å². The minimum Gasteiger partial charge on any atom is -0.495 e. The third-order valence-electron chi connectivity index (χ3n) is 4.89. The molecule has 0 unspecified atom stereocenters. The Morgan fingerprint density at radius 1 is 0.939 bits per heavy atom. The monoisotopic (exact) mass is 499 g/mol. The summed E-state index contributed by atoms with van der Waals surface area (Å²) in [6.07, 6.45) is 0. The van der Waals surface area contributed by atoms with E-state index in [4.69, 9.17) is 40.2 Å². The van der Waals surface area contributed by atoms with Crippen molar-refractivity contribution in [2.45, 2.75) is 0 Å². The highest BCUT2D eigenvalue weighted by atomic mass is 35.5. The molecule has 166 valence electrons. The highest BCUT2D eigenvalue weighted by molar-refractivity contribution is 7.80. The van der Waals surface area contributed by atoms with Crippen molar-refractivity contribution in [3.63, 3.8) is 0 Å². The normalized spacial score (nSPS) is 12.4. The lowest BCUT2D eigenvalue weighted by atomic mass is 10.1. The van der Waals surface area contributed by atoms with Gasteiger partial charge in [0.05, 0.1) is 39.7 Å². The van der Waals surface area contributed by atoms with E-state index in [1.54, 1.807) is 48.5 Å². The molecule has 0 atom stereocenters. The second kappa shape index (κ2) is 9.19. The summed E-state index contributed by atoms with van der Waals surface area (Å²) in [4.78, 5) is 38.8. The maximum Gasteiger partial charge on any atom is 0.266 e. The maximum atomic E-state index is 12.7. The van der Waals surface area contributed by atoms with Gasteiger partial charge in [-0.1, -0.05) is 35.3 Å². The van der Waals surface area contributed by atoms with Crippen molar-refractivity contribution in [1.29, 1.82) is 0 Å². The molecule has 0 aliphatic carbocycles. The number of nitrogens with zero attached hydrogens (tertiary/aromatic N) is 1. The smallest absolute Gasteiger partial charge is 0.266 e. The number of ether oxygens (including phenoxy) is 1. The number of carbonyl (C=O) groups excluding carboxylic acids is 3. The zero-order valence-corrected chi connectivity index (χ0v) is 19.3. The van der Waals surface area contributed by atoms with Crippen LogP contribution < -0.4 is 20.3 Å². The van der Waals surface area contributed by atoms with Gasteiger partial charge in [0, 0.05) is 5.56 Å². The Labute approximate surface area is 204 Å². The first kappa shape index (κ1) is 22.7. The molecule has 3 amide bonds. The average Bonchev–Trinajstić information content (AvgIpc) is 3.05. The largest absolute Gasteiger partial charge is 0.495 e. The Bertz CT molecular complexity index is 1290. The molecule has 0 radical (unpaired) electrons. The van der Waals surface area contributed by atoms with E-state index in [9.17, 15) is 14.4 Å². The topological polar surface area (TPSA) is 87.7 Å². The third-order valence-corrected chi connectivity index (χ3v) is 5.71. The van der Waals surface area contributed by atoms with Crippen LogP contribution in [0.2, 0.25) is 10.0 Å². The molecule has 0 fully saturated rings. The summed E-state index contributed by atoms with van der Waals surface area (Å²) in [7, 11) is 1.48. The van der Waals surface area contributed by atoms with E-state index >= 15 is 0 Å². The number of nitrogens with one attached hydrogen (secondary N) is 2. The minimum absolute atomic E-state index is 0.00215. The lowest BCUT2D eigenvalue weighted by Gasteiger charge is -2.16. The van der Waals surface area contributed by atoms with Crippen molar-refractivity contribution in [2.24, 2.45) is 0 Å². The highest BCUT2D eigenvalue weighted by Crippen LogP contribution is 2.33. The molecule has 0 saturated heterocycles. The van der Waals surface area contributed by atoms with E-state index in [2.05, 4.69) is 10.6 Å². The number of carbonyl (C=O) groups is 3. The van der Waals surface area contributed by atoms with E-state index in [0.29, 0.717) is 28.3 Å². The van der Waals surface area contributed by atoms with E-state index < -0.39 is 17.7 Å². The van der Waals surface area contributed by atoms with Crippen LogP contribution >= 0.6 is 35.4 Å². The molecule has 1 aliphatic heterocycles. The van der Waals surface area contributed by atoms with Crippen molar-refractivity contribution in [3.8, 4) is 5.75 Å². The first-order valence-corrected chi connectivity index (χ1v) is 10.7. The molecule has 0 aromatic heterocycles. The molecule has 7 nitrogen and oxygen atoms in total. The predicted octanol–water partition coefficient (Wildman–Crippen LogP) is 4.93. The zero-order valence-electron chi connectivity index (χ0n) is 17.0. The van der Waals surface area contributed by atoms with Gasteiger partial charge in [-0.2, -0.15) is 0 Å². The fraction of sp³-hybridized carbons (Fsp3) is 0.0435. The molecular formula is C23H15Cl2N3O4S. The number of thiocarbonyl (C=S) groups is 1. The van der Waals surface area contributed by atoms with Crippen LogP contribution in [-0.2, 0) is 0 Å². The van der Waals surface area contributed by atoms with Gasteiger partial charge in [0.1, 0.15) is 5.75 Å². The standard InChI is InChI=1S/C23H15Cl2N3O4S/c1-32-19-9-6-12(10-17(19)25)20(29)27-23(33)26-18-8-7-13(11-16(18)24)28-21(30)14-4-2-3-5-15(14)22(28)31/h2-11H,1H3,(H2,26,27,29,33). The van der Waals surface area contributed by atoms with Crippen LogP contribution in [0.3, 0.4) is 0 Å². The molecule has 3 aromatic carbocycles. The second-order valence-corrected chi connectivity index (χ2v) is 8.14. The Morgan fingerprint density at radius 3 is 2.18 bits per heavy atom. The molecule has 3 aromatic rings. The van der Waals surface area contributed by atoms with Crippen molar-refractivity contribution >= 4 is 69.6 Å². The van der Waals surface area contributed by atoms with Crippen LogP contribution in [0.5, 0.6) is 5.75 Å². The number of amides is 3. The summed E-state index contributed by atoms with van der Waals surface area (Å²) in [6.45, 7) is 0. The van der Waals surface area contributed by atoms with Crippen LogP contribution in [0.4, 0.5) is 11.4 Å². The molecular weight excluding hydrogens is 485 g/mol. The first-order chi connectivity index (χ1) is 15.8. The quantitative estimate of drug-likeness (QED) is 0.390. The molecule has 2 N–H and O–H groups in total. The third kappa shape index (κ3) is 4.41. The van der Waals surface area contributed by atoms with Gasteiger partial charge < -0.3 is 10.1 Å². The summed E-state index contributed by atoms with van der Waals surface area (Å²) in [5, 5.41) is 5.86. The molecule has 1 heterocycles. The SMILES string of the molecule is COc1ccc(C(=O)NC(=S)Nc2ccc(N3C(=O)c4ccccc4C3=O)cc2Cl)cc1Cl. The van der Waals surface area contributed by atoms with Gasteiger partial charge in [-0.05, 0) is 60.7 Å². The highest BCUT2D eigenvalue weighted by Gasteiger charge is 2.36. The Balaban J connectivity index is 1.46. The van der Waals surface area contributed by atoms with Gasteiger partial charge in [-0.15, -0.1) is 0 Å². The van der Waals surface area contributed by atoms with Crippen molar-refractivity contribution in [2.75, 3.05) is 17.3 Å². The van der Waals surface area contributed by atoms with E-state index in [1.165, 1.54) is 19.2 Å². The van der Waals surface area contributed by atoms with Gasteiger partial charge in [-0.25, -0.2) is 4.90 Å². The zero-order chi connectivity index (χ0) is 23.7. The average molecular weight is 500 g/mol. The van der Waals surface area contributed by atoms with Crippen molar-refractivity contribution < 1.29 is 19.1 Å². The van der Waals surface area contributed by atoms with Gasteiger partial charge >= 0.3 is 0 Å². The molecule has 1 aliphatic rings. The molecule has 33 heavy (non-hydrogen) atoms. The molecule has 4 rings (SSSR count). The summed E-state index contributed by atoms with van der Waals surface area (Å²) in [5.41, 5.74) is 1.67. The summed E-state index contributed by atoms with van der Waals surface area (Å²) < 4.78 is 5.07. The summed E-state index contributed by atoms with van der Waals surface area (Å²) in [5.74, 6) is -0.878. The van der Waals surface area contributed by atoms with E-state index in [-0.39, 0.29) is 20.7 Å². The van der Waals surface area contributed by atoms with E-state index in [1.807, 2.05) is 0 Å². The lowest BCUT2D eigenvalue weighted by Crippen LogP contribution is -2.34. The Kier molecular flexibility index (Phi) is 6.33. The lowest BCUT2D eigenvalue weighted by molar-refractivity contribution is 0.0923. The van der Waals surface area contributed by atoms with Gasteiger partial charge in [0.15, 0.2) is 5.11 Å². The van der Waals surface area contributed by atoms with Crippen LogP contribution in [0.1, 0.15) is 31.1 Å². The van der Waals surface area contributed by atoms with Crippen LogP contribution in [0.25, 0.3) is 0 Å². The number of imide groups is 1. The first-order valence-electron chi connectivity index (χ1n) is 9.53. The molecule has 0 saturated carbocycles. The number of fused-ring (bicyclic) bond motifs is 1.